The largest absolute Gasteiger partial charge is 0.342 e. The Bertz CT molecular complexity index is 145. The van der Waals surface area contributed by atoms with Gasteiger partial charge in [-0.15, -0.1) is 0 Å². The molecule has 0 spiro atoms. The van der Waals surface area contributed by atoms with Crippen LogP contribution < -0.4 is 0 Å². The number of carbonyl (C=O) groups excluding carboxylic acids is 2. The zero-order valence-corrected chi connectivity index (χ0v) is 7.70. The molecule has 4 heteroatoms. The first-order chi connectivity index (χ1) is 6.31. The second-order valence-corrected chi connectivity index (χ2v) is 2.94. The summed E-state index contributed by atoms with van der Waals surface area (Å²) in [6.07, 6.45) is 6.45. The molecule has 0 bridgehead atoms. The molecule has 0 aliphatic carbocycles. The van der Waals surface area contributed by atoms with Crippen molar-refractivity contribution in [2.45, 2.75) is 44.9 Å². The first-order valence-electron chi connectivity index (χ1n) is 4.59. The number of rotatable bonds is 8. The van der Waals surface area contributed by atoms with Crippen molar-refractivity contribution in [3.8, 4) is 0 Å². The zero-order valence-electron chi connectivity index (χ0n) is 7.70. The van der Waals surface area contributed by atoms with Crippen LogP contribution >= 0.6 is 0 Å². The minimum Gasteiger partial charge on any atom is -0.303 e. The molecule has 0 aliphatic rings. The summed E-state index contributed by atoms with van der Waals surface area (Å²) >= 11 is 0. The predicted octanol–water partition coefficient (Wildman–Crippen LogP) is 1.93. The van der Waals surface area contributed by atoms with Crippen LogP contribution in [-0.2, 0) is 14.5 Å². The van der Waals surface area contributed by atoms with Crippen molar-refractivity contribution in [1.29, 1.82) is 0 Å². The van der Waals surface area contributed by atoms with Crippen molar-refractivity contribution in [3.63, 3.8) is 0 Å². The Morgan fingerprint density at radius 1 is 1.15 bits per heavy atom. The van der Waals surface area contributed by atoms with Crippen LogP contribution in [0.2, 0.25) is 0 Å². The Labute approximate surface area is 77.8 Å². The van der Waals surface area contributed by atoms with E-state index in [0.29, 0.717) is 6.42 Å². The molecular weight excluding hydrogens is 172 g/mol. The highest BCUT2D eigenvalue weighted by atomic mass is 17.1. The third kappa shape index (κ3) is 9.01. The molecule has 0 radical (unpaired) electrons. The van der Waals surface area contributed by atoms with Gasteiger partial charge in [-0.2, -0.15) is 5.26 Å². The molecule has 13 heavy (non-hydrogen) atoms. The van der Waals surface area contributed by atoms with E-state index in [4.69, 9.17) is 5.26 Å². The lowest BCUT2D eigenvalue weighted by Gasteiger charge is -1.98. The Balaban J connectivity index is 2.99. The van der Waals surface area contributed by atoms with Crippen molar-refractivity contribution in [1.82, 2.24) is 0 Å². The van der Waals surface area contributed by atoms with Gasteiger partial charge in [-0.1, -0.05) is 19.3 Å². The highest BCUT2D eigenvalue weighted by Crippen LogP contribution is 2.06. The normalized spacial score (nSPS) is 9.62. The molecule has 0 rings (SSSR count). The predicted molar refractivity (Wildman–Crippen MR) is 47.1 cm³/mol. The lowest BCUT2D eigenvalue weighted by atomic mass is 10.1. The van der Waals surface area contributed by atoms with Gasteiger partial charge in [0.1, 0.15) is 6.29 Å². The van der Waals surface area contributed by atoms with Crippen LogP contribution in [0.4, 0.5) is 0 Å². The van der Waals surface area contributed by atoms with Crippen LogP contribution in [0.25, 0.3) is 0 Å². The summed E-state index contributed by atoms with van der Waals surface area (Å²) in [7, 11) is 0. The van der Waals surface area contributed by atoms with Crippen LogP contribution in [0.5, 0.6) is 0 Å². The van der Waals surface area contributed by atoms with Crippen LogP contribution in [0.3, 0.4) is 0 Å². The van der Waals surface area contributed by atoms with Crippen molar-refractivity contribution in [2.75, 3.05) is 0 Å². The van der Waals surface area contributed by atoms with Gasteiger partial charge in [0.2, 0.25) is 0 Å². The van der Waals surface area contributed by atoms with E-state index in [0.717, 1.165) is 38.4 Å². The molecule has 0 heterocycles. The molecule has 4 nitrogen and oxygen atoms in total. The molecule has 0 saturated carbocycles. The number of unbranched alkanes of at least 4 members (excludes halogenated alkanes) is 5. The molecule has 0 fully saturated rings. The number of aldehydes is 1. The van der Waals surface area contributed by atoms with E-state index < -0.39 is 5.97 Å². The van der Waals surface area contributed by atoms with Gasteiger partial charge >= 0.3 is 5.97 Å². The van der Waals surface area contributed by atoms with Crippen LogP contribution in [0.15, 0.2) is 0 Å². The highest BCUT2D eigenvalue weighted by Gasteiger charge is 2.00. The number of hydrogen-bond acceptors (Lipinski definition) is 4. The van der Waals surface area contributed by atoms with Crippen molar-refractivity contribution in [2.24, 2.45) is 0 Å². The summed E-state index contributed by atoms with van der Waals surface area (Å²) in [6.45, 7) is 0. The molecule has 0 aromatic heterocycles. The molecule has 0 aromatic rings. The van der Waals surface area contributed by atoms with Gasteiger partial charge in [0.25, 0.3) is 0 Å². The van der Waals surface area contributed by atoms with E-state index in [1.54, 1.807) is 0 Å². The highest BCUT2D eigenvalue weighted by molar-refractivity contribution is 5.68. The van der Waals surface area contributed by atoms with Crippen molar-refractivity contribution >= 4 is 12.3 Å². The van der Waals surface area contributed by atoms with Gasteiger partial charge in [-0.3, -0.25) is 0 Å². The minimum absolute atomic E-state index is 0.268. The zero-order chi connectivity index (χ0) is 9.94. The van der Waals surface area contributed by atoms with Crippen LogP contribution in [0, 0.1) is 0 Å². The second-order valence-electron chi connectivity index (χ2n) is 2.94. The average molecular weight is 188 g/mol. The van der Waals surface area contributed by atoms with Gasteiger partial charge in [0, 0.05) is 12.8 Å². The van der Waals surface area contributed by atoms with Crippen molar-refractivity contribution < 1.29 is 19.7 Å². The second kappa shape index (κ2) is 9.19. The van der Waals surface area contributed by atoms with E-state index in [-0.39, 0.29) is 6.42 Å². The van der Waals surface area contributed by atoms with E-state index in [1.165, 1.54) is 0 Å². The van der Waals surface area contributed by atoms with E-state index in [1.807, 2.05) is 0 Å². The summed E-state index contributed by atoms with van der Waals surface area (Å²) < 4.78 is 0. The minimum atomic E-state index is -0.576. The Morgan fingerprint density at radius 3 is 2.38 bits per heavy atom. The quantitative estimate of drug-likeness (QED) is 0.273. The molecule has 0 atom stereocenters. The number of hydrogen-bond donors (Lipinski definition) is 1. The summed E-state index contributed by atoms with van der Waals surface area (Å²) in [5, 5.41) is 7.92. The lowest BCUT2D eigenvalue weighted by Crippen LogP contribution is -1.99. The van der Waals surface area contributed by atoms with Gasteiger partial charge < -0.3 is 9.68 Å². The smallest absolute Gasteiger partial charge is 0.303 e. The average Bonchev–Trinajstić information content (AvgIpc) is 2.16. The van der Waals surface area contributed by atoms with Gasteiger partial charge in [0.05, 0.1) is 0 Å². The molecule has 0 amide bonds. The van der Waals surface area contributed by atoms with Crippen LogP contribution in [0.1, 0.15) is 44.9 Å². The van der Waals surface area contributed by atoms with Gasteiger partial charge in [0.15, 0.2) is 0 Å². The first kappa shape index (κ1) is 12.1. The Kier molecular flexibility index (Phi) is 8.55. The maximum absolute atomic E-state index is 10.4. The molecule has 76 valence electrons. The van der Waals surface area contributed by atoms with E-state index in [9.17, 15) is 9.59 Å². The fourth-order valence-corrected chi connectivity index (χ4v) is 1.07. The summed E-state index contributed by atoms with van der Waals surface area (Å²) in [4.78, 5) is 23.9. The molecule has 0 unspecified atom stereocenters. The monoisotopic (exact) mass is 188 g/mol. The number of carbonyl (C=O) groups is 2. The van der Waals surface area contributed by atoms with E-state index in [2.05, 4.69) is 4.89 Å². The van der Waals surface area contributed by atoms with Gasteiger partial charge in [-0.05, 0) is 12.8 Å². The Morgan fingerprint density at radius 2 is 1.77 bits per heavy atom. The third-order valence-electron chi connectivity index (χ3n) is 1.80. The lowest BCUT2D eigenvalue weighted by molar-refractivity contribution is -0.234. The standard InChI is InChI=1S/C9H16O4/c10-8-6-4-2-1-3-5-7-9(11)13-12/h8,12H,1-7H2. The molecule has 0 aromatic carbocycles. The van der Waals surface area contributed by atoms with E-state index >= 15 is 0 Å². The summed E-state index contributed by atoms with van der Waals surface area (Å²) in [6, 6.07) is 0. The molecule has 1 N–H and O–H groups in total. The van der Waals surface area contributed by atoms with Gasteiger partial charge in [-0.25, -0.2) is 4.79 Å². The molecule has 0 aliphatic heterocycles. The maximum atomic E-state index is 10.4. The molecule has 0 saturated heterocycles. The fraction of sp³-hybridized carbons (Fsp3) is 0.778. The first-order valence-corrected chi connectivity index (χ1v) is 4.59. The fourth-order valence-electron chi connectivity index (χ4n) is 1.07. The summed E-state index contributed by atoms with van der Waals surface area (Å²) in [5.41, 5.74) is 0. The maximum Gasteiger partial charge on any atom is 0.342 e. The topological polar surface area (TPSA) is 63.6 Å². The SMILES string of the molecule is O=CCCCCCCCC(=O)OO. The van der Waals surface area contributed by atoms with Crippen molar-refractivity contribution in [3.05, 3.63) is 0 Å². The Hall–Kier alpha value is -0.900. The summed E-state index contributed by atoms with van der Waals surface area (Å²) in [5.74, 6) is -0.576. The third-order valence-corrected chi connectivity index (χ3v) is 1.80. The molecular formula is C9H16O4. The van der Waals surface area contributed by atoms with Crippen LogP contribution in [-0.4, -0.2) is 17.5 Å².